The molecule has 0 saturated carbocycles. The van der Waals surface area contributed by atoms with Crippen molar-refractivity contribution in [1.29, 1.82) is 0 Å². The zero-order chi connectivity index (χ0) is 32.3. The molecule has 4 heteroatoms. The molecule has 0 atom stereocenters. The van der Waals surface area contributed by atoms with Crippen LogP contribution in [0.3, 0.4) is 0 Å². The quantitative estimate of drug-likeness (QED) is 0.183. The molecule has 0 unspecified atom stereocenters. The summed E-state index contributed by atoms with van der Waals surface area (Å²) in [6.45, 7) is 0. The number of hydrogen-bond acceptors (Lipinski definition) is 4. The molecule has 0 aliphatic heterocycles. The van der Waals surface area contributed by atoms with Crippen molar-refractivity contribution < 1.29 is 4.42 Å². The van der Waals surface area contributed by atoms with Gasteiger partial charge in [0.05, 0.1) is 0 Å². The van der Waals surface area contributed by atoms with Crippen LogP contribution in [0.5, 0.6) is 0 Å². The number of rotatable bonds is 4. The normalized spacial score (nSPS) is 11.7. The summed E-state index contributed by atoms with van der Waals surface area (Å²) in [6.07, 6.45) is 0. The van der Waals surface area contributed by atoms with Gasteiger partial charge in [0, 0.05) is 27.5 Å². The molecule has 0 aliphatic carbocycles. The van der Waals surface area contributed by atoms with Gasteiger partial charge in [0.1, 0.15) is 11.2 Å². The second-order valence-corrected chi connectivity index (χ2v) is 12.4. The number of fused-ring (bicyclic) bond motifs is 7. The highest BCUT2D eigenvalue weighted by Crippen LogP contribution is 2.41. The van der Waals surface area contributed by atoms with Gasteiger partial charge in [0.2, 0.25) is 0 Å². The maximum Gasteiger partial charge on any atom is 0.164 e. The van der Waals surface area contributed by atoms with Crippen molar-refractivity contribution in [3.05, 3.63) is 164 Å². The van der Waals surface area contributed by atoms with Gasteiger partial charge in [-0.15, -0.1) is 0 Å². The van der Waals surface area contributed by atoms with Gasteiger partial charge in [0.15, 0.2) is 17.5 Å². The highest BCUT2D eigenvalue weighted by Gasteiger charge is 2.18. The van der Waals surface area contributed by atoms with E-state index in [4.69, 9.17) is 19.4 Å². The van der Waals surface area contributed by atoms with Crippen LogP contribution in [0.2, 0.25) is 0 Å². The Balaban J connectivity index is 1.18. The van der Waals surface area contributed by atoms with Gasteiger partial charge in [-0.2, -0.15) is 0 Å². The van der Waals surface area contributed by atoms with E-state index in [1.54, 1.807) is 0 Å². The lowest BCUT2D eigenvalue weighted by molar-refractivity contribution is 0.669. The number of nitrogens with zero attached hydrogens (tertiary/aromatic N) is 3. The third kappa shape index (κ3) is 4.49. The number of furan rings is 1. The molecule has 0 amide bonds. The topological polar surface area (TPSA) is 51.8 Å². The Labute approximate surface area is 282 Å². The number of aromatic nitrogens is 3. The molecule has 0 bridgehead atoms. The lowest BCUT2D eigenvalue weighted by Crippen LogP contribution is -2.00. The summed E-state index contributed by atoms with van der Waals surface area (Å²) in [4.78, 5) is 15.3. The minimum absolute atomic E-state index is 0.636. The smallest absolute Gasteiger partial charge is 0.164 e. The van der Waals surface area contributed by atoms with E-state index in [0.717, 1.165) is 65.9 Å². The Kier molecular flexibility index (Phi) is 6.15. The largest absolute Gasteiger partial charge is 0.456 e. The van der Waals surface area contributed by atoms with Gasteiger partial charge in [0.25, 0.3) is 0 Å². The highest BCUT2D eigenvalue weighted by atomic mass is 16.3. The first-order valence-electron chi connectivity index (χ1n) is 16.4. The summed E-state index contributed by atoms with van der Waals surface area (Å²) < 4.78 is 6.25. The van der Waals surface area contributed by atoms with Gasteiger partial charge < -0.3 is 4.42 Å². The first-order valence-corrected chi connectivity index (χ1v) is 16.4. The number of hydrogen-bond donors (Lipinski definition) is 0. The Morgan fingerprint density at radius 2 is 0.918 bits per heavy atom. The third-order valence-electron chi connectivity index (χ3n) is 9.53. The molecule has 0 spiro atoms. The zero-order valence-electron chi connectivity index (χ0n) is 26.3. The molecule has 0 saturated heterocycles. The van der Waals surface area contributed by atoms with Gasteiger partial charge in [-0.25, -0.2) is 15.0 Å². The molecule has 0 fully saturated rings. The molecule has 0 aliphatic rings. The van der Waals surface area contributed by atoms with E-state index in [2.05, 4.69) is 115 Å². The fraction of sp³-hybridized carbons (Fsp3) is 0. The Morgan fingerprint density at radius 3 is 1.80 bits per heavy atom. The van der Waals surface area contributed by atoms with Crippen LogP contribution in [0.15, 0.2) is 168 Å². The molecule has 49 heavy (non-hydrogen) atoms. The highest BCUT2D eigenvalue weighted by molar-refractivity contribution is 6.16. The standard InChI is InChI=1S/C45H27N3O/c1-2-12-29(13-3-1)43-46-44(31-25-26-33-30(27-31)24-23-28-11-4-5-14-32(28)33)48-45(47-43)38-20-9-16-34-35(17-8-18-36(34)38)37-19-10-22-41-42(37)39-15-6-7-21-40(39)49-41/h1-27H. The van der Waals surface area contributed by atoms with Crippen molar-refractivity contribution >= 4 is 54.3 Å². The van der Waals surface area contributed by atoms with Crippen LogP contribution in [0.1, 0.15) is 0 Å². The Hall–Kier alpha value is -6.65. The summed E-state index contributed by atoms with van der Waals surface area (Å²) in [5.41, 5.74) is 6.88. The first kappa shape index (κ1) is 27.5. The van der Waals surface area contributed by atoms with Crippen molar-refractivity contribution in [3.63, 3.8) is 0 Å². The van der Waals surface area contributed by atoms with E-state index in [1.165, 1.54) is 16.2 Å². The van der Waals surface area contributed by atoms with Crippen LogP contribution < -0.4 is 0 Å². The van der Waals surface area contributed by atoms with Crippen LogP contribution in [0.4, 0.5) is 0 Å². The van der Waals surface area contributed by atoms with E-state index < -0.39 is 0 Å². The molecule has 0 radical (unpaired) electrons. The molecule has 10 aromatic rings. The monoisotopic (exact) mass is 625 g/mol. The molecule has 10 rings (SSSR count). The van der Waals surface area contributed by atoms with Gasteiger partial charge >= 0.3 is 0 Å². The second kappa shape index (κ2) is 11.0. The molecule has 2 aromatic heterocycles. The fourth-order valence-electron chi connectivity index (χ4n) is 7.23. The van der Waals surface area contributed by atoms with Gasteiger partial charge in [-0.3, -0.25) is 0 Å². The minimum atomic E-state index is 0.636. The predicted molar refractivity (Wildman–Crippen MR) is 201 cm³/mol. The van der Waals surface area contributed by atoms with Crippen molar-refractivity contribution in [2.45, 2.75) is 0 Å². The molecule has 4 nitrogen and oxygen atoms in total. The summed E-state index contributed by atoms with van der Waals surface area (Å²) in [5, 5.41) is 9.25. The minimum Gasteiger partial charge on any atom is -0.456 e. The molecule has 228 valence electrons. The maximum absolute atomic E-state index is 6.25. The lowest BCUT2D eigenvalue weighted by atomic mass is 9.93. The lowest BCUT2D eigenvalue weighted by Gasteiger charge is -2.13. The average Bonchev–Trinajstić information content (AvgIpc) is 3.56. The first-order chi connectivity index (χ1) is 24.3. The van der Waals surface area contributed by atoms with Crippen LogP contribution in [-0.4, -0.2) is 15.0 Å². The van der Waals surface area contributed by atoms with Crippen LogP contribution in [-0.2, 0) is 0 Å². The van der Waals surface area contributed by atoms with Crippen molar-refractivity contribution in [1.82, 2.24) is 15.0 Å². The summed E-state index contributed by atoms with van der Waals surface area (Å²) in [5.74, 6) is 1.92. The van der Waals surface area contributed by atoms with Crippen LogP contribution in [0.25, 0.3) is 99.5 Å². The number of benzene rings is 8. The predicted octanol–water partition coefficient (Wildman–Crippen LogP) is 11.9. The molecule has 2 heterocycles. The molecular weight excluding hydrogens is 599 g/mol. The van der Waals surface area contributed by atoms with Gasteiger partial charge in [-0.05, 0) is 61.6 Å². The summed E-state index contributed by atoms with van der Waals surface area (Å²) >= 11 is 0. The van der Waals surface area contributed by atoms with E-state index in [1.807, 2.05) is 48.5 Å². The number of para-hydroxylation sites is 1. The van der Waals surface area contributed by atoms with Crippen LogP contribution in [0, 0.1) is 0 Å². The Bertz CT molecular complexity index is 2890. The molecule has 0 N–H and O–H groups in total. The third-order valence-corrected chi connectivity index (χ3v) is 9.53. The average molecular weight is 626 g/mol. The molecule has 8 aromatic carbocycles. The SMILES string of the molecule is c1ccc(-c2nc(-c3ccc4c(ccc5ccccc54)c3)nc(-c3cccc4c(-c5cccc6oc7ccccc7c56)cccc34)n2)cc1. The zero-order valence-corrected chi connectivity index (χ0v) is 26.3. The summed E-state index contributed by atoms with van der Waals surface area (Å²) in [7, 11) is 0. The van der Waals surface area contributed by atoms with Gasteiger partial charge in [-0.1, -0.05) is 146 Å². The Morgan fingerprint density at radius 1 is 0.327 bits per heavy atom. The molecular formula is C45H27N3O. The van der Waals surface area contributed by atoms with Crippen molar-refractivity contribution in [2.75, 3.05) is 0 Å². The fourth-order valence-corrected chi connectivity index (χ4v) is 7.23. The van der Waals surface area contributed by atoms with Crippen LogP contribution >= 0.6 is 0 Å². The van der Waals surface area contributed by atoms with E-state index >= 15 is 0 Å². The van der Waals surface area contributed by atoms with E-state index in [0.29, 0.717) is 17.5 Å². The van der Waals surface area contributed by atoms with E-state index in [-0.39, 0.29) is 0 Å². The van der Waals surface area contributed by atoms with E-state index in [9.17, 15) is 0 Å². The summed E-state index contributed by atoms with van der Waals surface area (Å²) in [6, 6.07) is 56.9. The second-order valence-electron chi connectivity index (χ2n) is 12.4. The van der Waals surface area contributed by atoms with Crippen molar-refractivity contribution in [2.24, 2.45) is 0 Å². The maximum atomic E-state index is 6.25. The van der Waals surface area contributed by atoms with Crippen molar-refractivity contribution in [3.8, 4) is 45.3 Å².